The second-order valence-electron chi connectivity index (χ2n) is 7.80. The van der Waals surface area contributed by atoms with E-state index in [0.717, 1.165) is 11.3 Å². The third-order valence-electron chi connectivity index (χ3n) is 5.94. The molecule has 4 rings (SSSR count). The Labute approximate surface area is 159 Å². The predicted octanol–water partition coefficient (Wildman–Crippen LogP) is 1.20. The third kappa shape index (κ3) is 3.78. The Morgan fingerprint density at radius 3 is 2.81 bits per heavy atom. The number of rotatable bonds is 1. The van der Waals surface area contributed by atoms with E-state index in [1.165, 1.54) is 0 Å². The molecule has 1 atom stereocenters. The summed E-state index contributed by atoms with van der Waals surface area (Å²) in [5.41, 5.74) is 1.60. The lowest BCUT2D eigenvalue weighted by atomic mass is 9.94. The monoisotopic (exact) mass is 391 g/mol. The van der Waals surface area contributed by atoms with E-state index in [4.69, 9.17) is 4.74 Å². The molecule has 8 heteroatoms. The van der Waals surface area contributed by atoms with Gasteiger partial charge in [-0.2, -0.15) is 4.36 Å². The topological polar surface area (TPSA) is 88.9 Å². The fourth-order valence-corrected chi connectivity index (χ4v) is 6.50. The second-order valence-corrected chi connectivity index (χ2v) is 10.3. The molecule has 7 nitrogen and oxygen atoms in total. The van der Waals surface area contributed by atoms with E-state index in [1.54, 1.807) is 18.0 Å². The zero-order valence-electron chi connectivity index (χ0n) is 15.6. The first kappa shape index (κ1) is 18.6. The number of morpholine rings is 1. The average molecular weight is 391 g/mol. The van der Waals surface area contributed by atoms with E-state index >= 15 is 0 Å². The Morgan fingerprint density at radius 2 is 2.11 bits per heavy atom. The Morgan fingerprint density at radius 1 is 1.33 bits per heavy atom. The maximum Gasteiger partial charge on any atom is 0.257 e. The average Bonchev–Trinajstić information content (AvgIpc) is 3.09. The molecule has 1 aliphatic carbocycles. The smallest absolute Gasteiger partial charge is 0.257 e. The van der Waals surface area contributed by atoms with Gasteiger partial charge in [-0.3, -0.25) is 14.6 Å². The highest BCUT2D eigenvalue weighted by Gasteiger charge is 2.42. The summed E-state index contributed by atoms with van der Waals surface area (Å²) < 4.78 is 23.3. The fraction of sp³-hybridized carbons (Fsp3) is 0.632. The van der Waals surface area contributed by atoms with Crippen molar-refractivity contribution in [3.63, 3.8) is 0 Å². The molecule has 2 aliphatic heterocycles. The first-order valence-corrected chi connectivity index (χ1v) is 11.3. The van der Waals surface area contributed by atoms with Gasteiger partial charge in [-0.05, 0) is 30.9 Å². The Hall–Kier alpha value is -1.80. The highest BCUT2D eigenvalue weighted by Crippen LogP contribution is 2.33. The molecular weight excluding hydrogens is 366 g/mol. The van der Waals surface area contributed by atoms with Crippen molar-refractivity contribution in [3.05, 3.63) is 29.6 Å². The van der Waals surface area contributed by atoms with Gasteiger partial charge >= 0.3 is 0 Å². The molecule has 2 amide bonds. The standard InChI is InChI=1S/C19H25N3O4S/c1-14(23)22-7-8-26-19(13-22)4-9-27(25,10-5-19)21-18(24)16-11-15-3-2-6-20-17(15)12-16/h2-3,6,16H,4-5,7-13H2,1H3. The summed E-state index contributed by atoms with van der Waals surface area (Å²) in [4.78, 5) is 30.4. The number of pyridine rings is 1. The van der Waals surface area contributed by atoms with Gasteiger partial charge in [-0.15, -0.1) is 0 Å². The van der Waals surface area contributed by atoms with Gasteiger partial charge in [0, 0.05) is 49.8 Å². The Balaban J connectivity index is 1.43. The maximum absolute atomic E-state index is 13.1. The molecule has 0 aromatic carbocycles. The predicted molar refractivity (Wildman–Crippen MR) is 101 cm³/mol. The minimum atomic E-state index is -2.56. The van der Waals surface area contributed by atoms with E-state index in [-0.39, 0.29) is 17.7 Å². The molecule has 1 aromatic heterocycles. The van der Waals surface area contributed by atoms with Crippen LogP contribution in [-0.4, -0.2) is 62.7 Å². The summed E-state index contributed by atoms with van der Waals surface area (Å²) in [5.74, 6) is 0.232. The Kier molecular flexibility index (Phi) is 4.80. The van der Waals surface area contributed by atoms with Crippen LogP contribution in [0, 0.1) is 5.92 Å². The summed E-state index contributed by atoms with van der Waals surface area (Å²) in [6.07, 6.45) is 4.08. The summed E-state index contributed by atoms with van der Waals surface area (Å²) in [6, 6.07) is 3.86. The number of ether oxygens (including phenoxy) is 1. The van der Waals surface area contributed by atoms with E-state index in [9.17, 15) is 13.8 Å². The van der Waals surface area contributed by atoms with Crippen LogP contribution in [0.15, 0.2) is 22.7 Å². The zero-order chi connectivity index (χ0) is 19.1. The van der Waals surface area contributed by atoms with E-state index in [1.807, 2.05) is 12.1 Å². The molecule has 2 fully saturated rings. The summed E-state index contributed by atoms with van der Waals surface area (Å²) in [6.45, 7) is 3.21. The van der Waals surface area contributed by atoms with Gasteiger partial charge in [0.25, 0.3) is 5.91 Å². The molecule has 1 aromatic rings. The fourth-order valence-electron chi connectivity index (χ4n) is 4.25. The molecule has 3 aliphatic rings. The molecule has 2 saturated heterocycles. The number of fused-ring (bicyclic) bond motifs is 1. The van der Waals surface area contributed by atoms with Crippen molar-refractivity contribution in [1.82, 2.24) is 9.88 Å². The first-order chi connectivity index (χ1) is 12.9. The number of hydrogen-bond acceptors (Lipinski definition) is 5. The molecule has 1 spiro atoms. The van der Waals surface area contributed by atoms with Crippen molar-refractivity contribution >= 4 is 21.5 Å². The van der Waals surface area contributed by atoms with Gasteiger partial charge in [0.15, 0.2) is 0 Å². The van der Waals surface area contributed by atoms with Crippen molar-refractivity contribution in [2.24, 2.45) is 10.3 Å². The third-order valence-corrected chi connectivity index (χ3v) is 8.14. The molecular formula is C19H25N3O4S. The van der Waals surface area contributed by atoms with Crippen LogP contribution >= 0.6 is 0 Å². The van der Waals surface area contributed by atoms with Crippen LogP contribution in [0.3, 0.4) is 0 Å². The van der Waals surface area contributed by atoms with Crippen LogP contribution in [0.1, 0.15) is 31.0 Å². The first-order valence-electron chi connectivity index (χ1n) is 9.47. The molecule has 146 valence electrons. The largest absolute Gasteiger partial charge is 0.371 e. The lowest BCUT2D eigenvalue weighted by molar-refractivity contribution is -0.150. The molecule has 0 saturated carbocycles. The van der Waals surface area contributed by atoms with Crippen molar-refractivity contribution in [2.75, 3.05) is 31.2 Å². The van der Waals surface area contributed by atoms with Gasteiger partial charge in [0.1, 0.15) is 0 Å². The molecule has 27 heavy (non-hydrogen) atoms. The summed E-state index contributed by atoms with van der Waals surface area (Å²) >= 11 is 0. The minimum Gasteiger partial charge on any atom is -0.371 e. The summed E-state index contributed by atoms with van der Waals surface area (Å²) in [7, 11) is -2.56. The lowest BCUT2D eigenvalue weighted by Gasteiger charge is -2.45. The molecule has 0 N–H and O–H groups in total. The molecule has 1 unspecified atom stereocenters. The quantitative estimate of drug-likeness (QED) is 0.718. The van der Waals surface area contributed by atoms with Crippen LogP contribution in [0.4, 0.5) is 0 Å². The SMILES string of the molecule is CC(=O)N1CCOC2(CCS(=O)(=NC(=O)C3Cc4cccnc4C3)CC2)C1. The van der Waals surface area contributed by atoms with Gasteiger partial charge in [-0.25, -0.2) is 4.21 Å². The molecule has 0 bridgehead atoms. The number of amides is 2. The summed E-state index contributed by atoms with van der Waals surface area (Å²) in [5, 5.41) is 0. The highest BCUT2D eigenvalue weighted by atomic mass is 32.2. The number of carbonyl (C=O) groups excluding carboxylic acids is 2. The van der Waals surface area contributed by atoms with E-state index in [2.05, 4.69) is 9.35 Å². The second kappa shape index (κ2) is 6.98. The number of carbonyl (C=O) groups is 2. The van der Waals surface area contributed by atoms with Crippen LogP contribution in [-0.2, 0) is 36.9 Å². The van der Waals surface area contributed by atoms with E-state index in [0.29, 0.717) is 56.9 Å². The van der Waals surface area contributed by atoms with Crippen molar-refractivity contribution < 1.29 is 18.5 Å². The minimum absolute atomic E-state index is 0.0401. The van der Waals surface area contributed by atoms with Crippen LogP contribution in [0.5, 0.6) is 0 Å². The van der Waals surface area contributed by atoms with Crippen molar-refractivity contribution in [2.45, 2.75) is 38.2 Å². The van der Waals surface area contributed by atoms with Crippen LogP contribution in [0.2, 0.25) is 0 Å². The Bertz CT molecular complexity index is 852. The number of hydrogen-bond donors (Lipinski definition) is 0. The molecule has 3 heterocycles. The lowest BCUT2D eigenvalue weighted by Crippen LogP contribution is -2.56. The van der Waals surface area contributed by atoms with Crippen LogP contribution in [0.25, 0.3) is 0 Å². The number of aromatic nitrogens is 1. The van der Waals surface area contributed by atoms with Gasteiger partial charge in [0.2, 0.25) is 5.91 Å². The highest BCUT2D eigenvalue weighted by molar-refractivity contribution is 7.93. The van der Waals surface area contributed by atoms with Gasteiger partial charge < -0.3 is 9.64 Å². The van der Waals surface area contributed by atoms with Crippen LogP contribution < -0.4 is 0 Å². The van der Waals surface area contributed by atoms with Gasteiger partial charge in [0.05, 0.1) is 27.9 Å². The van der Waals surface area contributed by atoms with E-state index < -0.39 is 15.3 Å². The zero-order valence-corrected chi connectivity index (χ0v) is 16.4. The normalized spacial score (nSPS) is 32.9. The van der Waals surface area contributed by atoms with Crippen molar-refractivity contribution in [1.29, 1.82) is 0 Å². The maximum atomic E-state index is 13.1. The van der Waals surface area contributed by atoms with Gasteiger partial charge in [-0.1, -0.05) is 6.07 Å². The molecule has 0 radical (unpaired) electrons. The van der Waals surface area contributed by atoms with Crippen molar-refractivity contribution in [3.8, 4) is 0 Å². The number of nitrogens with zero attached hydrogens (tertiary/aromatic N) is 3.